The van der Waals surface area contributed by atoms with Crippen LogP contribution in [-0.2, 0) is 6.54 Å². The number of nitrogens with one attached hydrogen (secondary N) is 4. The molecule has 1 atom stereocenters. The number of ether oxygens (including phenoxy) is 2. The Kier molecular flexibility index (Phi) is 8.96. The molecule has 0 bridgehead atoms. The Morgan fingerprint density at radius 1 is 1.08 bits per heavy atom. The number of benzene rings is 1. The van der Waals surface area contributed by atoms with Crippen molar-refractivity contribution in [2.45, 2.75) is 38.7 Å². The first kappa shape index (κ1) is 28.5. The van der Waals surface area contributed by atoms with Crippen molar-refractivity contribution in [1.82, 2.24) is 15.2 Å². The molecule has 0 aliphatic carbocycles. The molecule has 1 unspecified atom stereocenters. The van der Waals surface area contributed by atoms with Gasteiger partial charge in [-0.3, -0.25) is 9.89 Å². The van der Waals surface area contributed by atoms with Crippen LogP contribution in [0.2, 0.25) is 0 Å². The Bertz CT molecular complexity index is 1240. The minimum absolute atomic E-state index is 0.00886. The fourth-order valence-corrected chi connectivity index (χ4v) is 3.09. The molecule has 0 saturated carbocycles. The van der Waals surface area contributed by atoms with Crippen molar-refractivity contribution in [3.8, 4) is 11.5 Å². The smallest absolute Gasteiger partial charge is 0.421 e. The van der Waals surface area contributed by atoms with Crippen LogP contribution in [0.1, 0.15) is 29.8 Å². The van der Waals surface area contributed by atoms with E-state index in [9.17, 15) is 27.5 Å². The van der Waals surface area contributed by atoms with E-state index in [1.807, 2.05) is 13.8 Å². The molecule has 1 aliphatic heterocycles. The molecular formula is C23H26F4N6O5. The van der Waals surface area contributed by atoms with E-state index in [1.54, 1.807) is 12.1 Å². The zero-order valence-corrected chi connectivity index (χ0v) is 20.3. The Morgan fingerprint density at radius 3 is 2.50 bits per heavy atom. The third-order valence-electron chi connectivity index (χ3n) is 4.92. The highest BCUT2D eigenvalue weighted by Gasteiger charge is 2.65. The number of aliphatic hydroxyl groups is 2. The van der Waals surface area contributed by atoms with E-state index >= 15 is 0 Å². The van der Waals surface area contributed by atoms with E-state index in [4.69, 9.17) is 5.11 Å². The summed E-state index contributed by atoms with van der Waals surface area (Å²) in [7, 11) is 0. The number of anilines is 3. The van der Waals surface area contributed by atoms with E-state index in [1.165, 1.54) is 18.5 Å². The fraction of sp³-hybridized carbons (Fsp3) is 0.348. The average molecular weight is 542 g/mol. The molecule has 38 heavy (non-hydrogen) atoms. The maximum Gasteiger partial charge on any atom is 0.507 e. The van der Waals surface area contributed by atoms with Crippen molar-refractivity contribution in [3.05, 3.63) is 53.9 Å². The standard InChI is InChI=1S/C21H20F4N6O5.C2H6/c22-20(23)21(24,25)36-16-6-12(1-2-15(16)35-20)30-19(34)14-9-29-31-18(14)28-7-11-3-4-26-17(5-11)27-8-13(33)10-32;1-2/h1-6,9,13,32-33H,7-8,10H2,(H,26,27)(H,30,34)(H2,28,29,31);1-2H3. The topological polar surface area (TPSA) is 154 Å². The summed E-state index contributed by atoms with van der Waals surface area (Å²) in [5, 5.41) is 33.1. The largest absolute Gasteiger partial charge is 0.507 e. The first-order chi connectivity index (χ1) is 18.1. The zero-order chi connectivity index (χ0) is 27.9. The second-order valence-electron chi connectivity index (χ2n) is 7.63. The van der Waals surface area contributed by atoms with Gasteiger partial charge in [0, 0.05) is 31.0 Å². The van der Waals surface area contributed by atoms with Crippen LogP contribution in [-0.4, -0.2) is 62.8 Å². The summed E-state index contributed by atoms with van der Waals surface area (Å²) in [5.41, 5.74) is 0.835. The van der Waals surface area contributed by atoms with Gasteiger partial charge in [0.2, 0.25) is 0 Å². The number of halogens is 4. The normalized spacial score (nSPS) is 15.5. The predicted molar refractivity (Wildman–Crippen MR) is 129 cm³/mol. The van der Waals surface area contributed by atoms with E-state index in [2.05, 4.69) is 40.6 Å². The van der Waals surface area contributed by atoms with Gasteiger partial charge in [0.15, 0.2) is 11.5 Å². The SMILES string of the molecule is CC.O=C(Nc1ccc2c(c1)OC(F)(F)C(F)(F)O2)c1cn[nH]c1NCc1ccnc(NCC(O)CO)c1. The van der Waals surface area contributed by atoms with E-state index in [0.717, 1.165) is 17.7 Å². The number of aromatic amines is 1. The number of H-pyrrole nitrogens is 1. The average Bonchev–Trinajstić information content (AvgIpc) is 3.37. The highest BCUT2D eigenvalue weighted by Crippen LogP contribution is 2.47. The van der Waals surface area contributed by atoms with Gasteiger partial charge in [0.05, 0.1) is 18.9 Å². The van der Waals surface area contributed by atoms with Gasteiger partial charge in [-0.05, 0) is 29.8 Å². The minimum Gasteiger partial charge on any atom is -0.421 e. The van der Waals surface area contributed by atoms with Crippen molar-refractivity contribution < 1.29 is 42.0 Å². The minimum atomic E-state index is -4.88. The third-order valence-corrected chi connectivity index (χ3v) is 4.92. The van der Waals surface area contributed by atoms with Crippen molar-refractivity contribution in [1.29, 1.82) is 0 Å². The molecule has 15 heteroatoms. The molecule has 1 aromatic carbocycles. The predicted octanol–water partition coefficient (Wildman–Crippen LogP) is 3.42. The van der Waals surface area contributed by atoms with Crippen LogP contribution < -0.4 is 25.4 Å². The van der Waals surface area contributed by atoms with Gasteiger partial charge in [-0.2, -0.15) is 22.7 Å². The summed E-state index contributed by atoms with van der Waals surface area (Å²) in [4.78, 5) is 16.8. The summed E-state index contributed by atoms with van der Waals surface area (Å²) in [6.07, 6.45) is -7.89. The molecule has 4 rings (SSSR count). The fourth-order valence-electron chi connectivity index (χ4n) is 3.09. The molecule has 11 nitrogen and oxygen atoms in total. The molecule has 0 saturated heterocycles. The molecule has 1 aliphatic rings. The van der Waals surface area contributed by atoms with Crippen molar-refractivity contribution in [2.24, 2.45) is 0 Å². The van der Waals surface area contributed by atoms with Crippen LogP contribution in [0.5, 0.6) is 11.5 Å². The van der Waals surface area contributed by atoms with Gasteiger partial charge >= 0.3 is 12.2 Å². The number of aromatic nitrogens is 3. The van der Waals surface area contributed by atoms with Gasteiger partial charge in [0.1, 0.15) is 17.2 Å². The highest BCUT2D eigenvalue weighted by molar-refractivity contribution is 6.07. The molecule has 6 N–H and O–H groups in total. The lowest BCUT2D eigenvalue weighted by atomic mass is 10.2. The number of nitrogens with zero attached hydrogens (tertiary/aromatic N) is 2. The Hall–Kier alpha value is -4.11. The van der Waals surface area contributed by atoms with Crippen LogP contribution in [0, 0.1) is 0 Å². The van der Waals surface area contributed by atoms with Crippen LogP contribution >= 0.6 is 0 Å². The van der Waals surface area contributed by atoms with E-state index in [0.29, 0.717) is 5.82 Å². The Balaban J connectivity index is 0.00000195. The summed E-state index contributed by atoms with van der Waals surface area (Å²) in [6.45, 7) is 3.95. The monoisotopic (exact) mass is 542 g/mol. The molecular weight excluding hydrogens is 516 g/mol. The zero-order valence-electron chi connectivity index (χ0n) is 20.3. The van der Waals surface area contributed by atoms with E-state index in [-0.39, 0.29) is 30.2 Å². The molecule has 0 fully saturated rings. The van der Waals surface area contributed by atoms with Gasteiger partial charge in [-0.25, -0.2) is 4.98 Å². The van der Waals surface area contributed by atoms with Gasteiger partial charge in [-0.1, -0.05) is 13.8 Å². The van der Waals surface area contributed by atoms with Gasteiger partial charge in [-0.15, -0.1) is 0 Å². The van der Waals surface area contributed by atoms with Gasteiger partial charge in [0.25, 0.3) is 5.91 Å². The number of rotatable bonds is 9. The summed E-state index contributed by atoms with van der Waals surface area (Å²) in [5.74, 6) is -1.23. The second kappa shape index (κ2) is 12.0. The number of carbonyl (C=O) groups is 1. The van der Waals surface area contributed by atoms with Crippen LogP contribution in [0.15, 0.2) is 42.7 Å². The molecule has 0 radical (unpaired) electrons. The molecule has 3 aromatic rings. The summed E-state index contributed by atoms with van der Waals surface area (Å²) in [6, 6.07) is 6.50. The number of pyridine rings is 1. The lowest BCUT2D eigenvalue weighted by molar-refractivity contribution is -0.391. The van der Waals surface area contributed by atoms with Crippen LogP contribution in [0.25, 0.3) is 0 Å². The molecule has 0 spiro atoms. The summed E-state index contributed by atoms with van der Waals surface area (Å²) < 4.78 is 61.6. The summed E-state index contributed by atoms with van der Waals surface area (Å²) >= 11 is 0. The quantitative estimate of drug-likeness (QED) is 0.223. The molecule has 1 amide bonds. The van der Waals surface area contributed by atoms with Crippen LogP contribution in [0.4, 0.5) is 34.9 Å². The van der Waals surface area contributed by atoms with Crippen molar-refractivity contribution in [2.75, 3.05) is 29.1 Å². The Morgan fingerprint density at radius 2 is 1.79 bits per heavy atom. The number of amides is 1. The number of aliphatic hydroxyl groups excluding tert-OH is 2. The van der Waals surface area contributed by atoms with Gasteiger partial charge < -0.3 is 35.6 Å². The van der Waals surface area contributed by atoms with Crippen molar-refractivity contribution in [3.63, 3.8) is 0 Å². The Labute approximate surface area is 214 Å². The first-order valence-electron chi connectivity index (χ1n) is 11.4. The second-order valence-corrected chi connectivity index (χ2v) is 7.63. The maximum absolute atomic E-state index is 13.4. The molecule has 3 heterocycles. The molecule has 2 aromatic heterocycles. The molecule has 206 valence electrons. The van der Waals surface area contributed by atoms with Crippen molar-refractivity contribution >= 4 is 23.2 Å². The lowest BCUT2D eigenvalue weighted by Gasteiger charge is -2.31. The first-order valence-corrected chi connectivity index (χ1v) is 11.4. The third kappa shape index (κ3) is 6.60. The lowest BCUT2D eigenvalue weighted by Crippen LogP contribution is -2.52. The highest BCUT2D eigenvalue weighted by atomic mass is 19.3. The number of carbonyl (C=O) groups excluding carboxylic acids is 1. The maximum atomic E-state index is 13.4. The number of hydrogen-bond acceptors (Lipinski definition) is 9. The number of hydrogen-bond donors (Lipinski definition) is 6. The number of alkyl halides is 4. The number of fused-ring (bicyclic) bond motifs is 1. The van der Waals surface area contributed by atoms with E-state index < -0.39 is 42.3 Å². The van der Waals surface area contributed by atoms with Crippen LogP contribution in [0.3, 0.4) is 0 Å².